The molecule has 1 aliphatic rings. The van der Waals surface area contributed by atoms with E-state index in [0.717, 1.165) is 38.4 Å². The lowest BCUT2D eigenvalue weighted by Gasteiger charge is -2.32. The van der Waals surface area contributed by atoms with Crippen LogP contribution < -0.4 is 5.32 Å². The molecule has 0 saturated carbocycles. The van der Waals surface area contributed by atoms with Crippen molar-refractivity contribution in [2.75, 3.05) is 32.4 Å². The summed E-state index contributed by atoms with van der Waals surface area (Å²) in [6.07, 6.45) is 3.89. The summed E-state index contributed by atoms with van der Waals surface area (Å²) in [6, 6.07) is 6.73. The second kappa shape index (κ2) is 10.9. The summed E-state index contributed by atoms with van der Waals surface area (Å²) in [6.45, 7) is 2.80. The maximum atomic E-state index is 13.5. The summed E-state index contributed by atoms with van der Waals surface area (Å²) in [4.78, 5) is 14.8. The minimum Gasteiger partial charge on any atom is -0.343 e. The van der Waals surface area contributed by atoms with Gasteiger partial charge < -0.3 is 10.2 Å². The predicted octanol–water partition coefficient (Wildman–Crippen LogP) is 3.58. The highest BCUT2D eigenvalue weighted by atomic mass is 35.5. The first-order chi connectivity index (χ1) is 10.7. The standard InChI is InChI=1S/C17H25FN2OS.ClH/c1-19-10-6-14-7-11-20(12-8-14)17(21)9-13-22-16-5-3-2-4-15(16)18;/h2-5,14,19H,6-13H2,1H3;1H. The molecule has 1 N–H and O–H groups in total. The van der Waals surface area contributed by atoms with E-state index >= 15 is 0 Å². The Bertz CT molecular complexity index is 481. The molecule has 0 bridgehead atoms. The van der Waals surface area contributed by atoms with Crippen LogP contribution in [0.1, 0.15) is 25.7 Å². The van der Waals surface area contributed by atoms with Crippen molar-refractivity contribution in [2.45, 2.75) is 30.6 Å². The Morgan fingerprint density at radius 2 is 2.04 bits per heavy atom. The maximum absolute atomic E-state index is 13.5. The van der Waals surface area contributed by atoms with Crippen LogP contribution in [-0.2, 0) is 4.79 Å². The number of halogens is 2. The van der Waals surface area contributed by atoms with Crippen LogP contribution in [0.2, 0.25) is 0 Å². The van der Waals surface area contributed by atoms with Crippen LogP contribution in [0.15, 0.2) is 29.2 Å². The molecule has 3 nitrogen and oxygen atoms in total. The van der Waals surface area contributed by atoms with Crippen LogP contribution in [0, 0.1) is 11.7 Å². The first kappa shape index (κ1) is 20.3. The minimum absolute atomic E-state index is 0. The Morgan fingerprint density at radius 1 is 1.35 bits per heavy atom. The normalized spacial score (nSPS) is 15.3. The molecule has 0 atom stereocenters. The second-order valence-electron chi connectivity index (χ2n) is 5.75. The number of likely N-dealkylation sites (tertiary alicyclic amines) is 1. The third-order valence-corrected chi connectivity index (χ3v) is 5.23. The molecule has 6 heteroatoms. The van der Waals surface area contributed by atoms with Crippen molar-refractivity contribution < 1.29 is 9.18 Å². The number of amides is 1. The first-order valence-electron chi connectivity index (χ1n) is 8.00. The number of nitrogens with zero attached hydrogens (tertiary/aromatic N) is 1. The molecule has 0 spiro atoms. The lowest BCUT2D eigenvalue weighted by atomic mass is 9.93. The monoisotopic (exact) mass is 360 g/mol. The quantitative estimate of drug-likeness (QED) is 0.754. The maximum Gasteiger partial charge on any atom is 0.223 e. The van der Waals surface area contributed by atoms with Gasteiger partial charge in [-0.1, -0.05) is 12.1 Å². The Balaban J connectivity index is 0.00000264. The number of rotatable bonds is 7. The fraction of sp³-hybridized carbons (Fsp3) is 0.588. The van der Waals surface area contributed by atoms with Crippen molar-refractivity contribution >= 4 is 30.1 Å². The second-order valence-corrected chi connectivity index (χ2v) is 6.88. The smallest absolute Gasteiger partial charge is 0.223 e. The molecule has 0 unspecified atom stereocenters. The number of piperidine rings is 1. The van der Waals surface area contributed by atoms with Crippen LogP contribution in [-0.4, -0.2) is 43.2 Å². The Labute approximate surface area is 148 Å². The summed E-state index contributed by atoms with van der Waals surface area (Å²) < 4.78 is 13.5. The largest absolute Gasteiger partial charge is 0.343 e. The van der Waals surface area contributed by atoms with Gasteiger partial charge in [-0.15, -0.1) is 24.2 Å². The minimum atomic E-state index is -0.203. The summed E-state index contributed by atoms with van der Waals surface area (Å²) in [7, 11) is 1.98. The van der Waals surface area contributed by atoms with Crippen molar-refractivity contribution in [2.24, 2.45) is 5.92 Å². The van der Waals surface area contributed by atoms with E-state index in [9.17, 15) is 9.18 Å². The lowest BCUT2D eigenvalue weighted by Crippen LogP contribution is -2.39. The summed E-state index contributed by atoms with van der Waals surface area (Å²) in [5.74, 6) is 1.38. The van der Waals surface area contributed by atoms with E-state index in [0.29, 0.717) is 17.1 Å². The molecule has 130 valence electrons. The number of hydrogen-bond acceptors (Lipinski definition) is 3. The molecule has 1 fully saturated rings. The van der Waals surface area contributed by atoms with Gasteiger partial charge in [0.1, 0.15) is 5.82 Å². The van der Waals surface area contributed by atoms with Crippen molar-refractivity contribution in [1.82, 2.24) is 10.2 Å². The molecule has 0 radical (unpaired) electrons. The van der Waals surface area contributed by atoms with E-state index in [4.69, 9.17) is 0 Å². The molecule has 1 aromatic rings. The average molecular weight is 361 g/mol. The van der Waals surface area contributed by atoms with Crippen LogP contribution in [0.25, 0.3) is 0 Å². The SMILES string of the molecule is CNCCC1CCN(C(=O)CCSc2ccccc2F)CC1.Cl. The molecular formula is C17H26ClFN2OS. The number of benzene rings is 1. The first-order valence-corrected chi connectivity index (χ1v) is 8.99. The lowest BCUT2D eigenvalue weighted by molar-refractivity contribution is -0.132. The highest BCUT2D eigenvalue weighted by molar-refractivity contribution is 7.99. The van der Waals surface area contributed by atoms with Gasteiger partial charge in [0, 0.05) is 30.2 Å². The predicted molar refractivity (Wildman–Crippen MR) is 96.8 cm³/mol. The van der Waals surface area contributed by atoms with E-state index in [1.54, 1.807) is 12.1 Å². The number of carbonyl (C=O) groups excluding carboxylic acids is 1. The molecule has 1 saturated heterocycles. The van der Waals surface area contributed by atoms with Crippen molar-refractivity contribution in [3.8, 4) is 0 Å². The van der Waals surface area contributed by atoms with E-state index in [1.165, 1.54) is 24.2 Å². The Hall–Kier alpha value is -0.780. The zero-order valence-corrected chi connectivity index (χ0v) is 15.2. The summed E-state index contributed by atoms with van der Waals surface area (Å²) >= 11 is 1.42. The van der Waals surface area contributed by atoms with Gasteiger partial charge >= 0.3 is 0 Å². The molecule has 1 aliphatic heterocycles. The number of carbonyl (C=O) groups is 1. The van der Waals surface area contributed by atoms with Gasteiger partial charge in [0.2, 0.25) is 5.91 Å². The highest BCUT2D eigenvalue weighted by Crippen LogP contribution is 2.24. The van der Waals surface area contributed by atoms with E-state index in [-0.39, 0.29) is 24.1 Å². The fourth-order valence-electron chi connectivity index (χ4n) is 2.79. The molecular weight excluding hydrogens is 335 g/mol. The molecule has 1 amide bonds. The van der Waals surface area contributed by atoms with Crippen LogP contribution in [0.3, 0.4) is 0 Å². The van der Waals surface area contributed by atoms with Gasteiger partial charge in [0.25, 0.3) is 0 Å². The third kappa shape index (κ3) is 6.69. The molecule has 1 aromatic carbocycles. The number of thioether (sulfide) groups is 1. The van der Waals surface area contributed by atoms with Gasteiger partial charge in [-0.05, 0) is 50.9 Å². The van der Waals surface area contributed by atoms with Crippen molar-refractivity contribution in [3.63, 3.8) is 0 Å². The average Bonchev–Trinajstić information content (AvgIpc) is 2.55. The zero-order chi connectivity index (χ0) is 15.8. The number of nitrogens with one attached hydrogen (secondary N) is 1. The van der Waals surface area contributed by atoms with Crippen LogP contribution in [0.5, 0.6) is 0 Å². The topological polar surface area (TPSA) is 32.3 Å². The summed E-state index contributed by atoms with van der Waals surface area (Å²) in [5.41, 5.74) is 0. The van der Waals surface area contributed by atoms with Gasteiger partial charge in [-0.25, -0.2) is 4.39 Å². The van der Waals surface area contributed by atoms with Gasteiger partial charge in [-0.3, -0.25) is 4.79 Å². The third-order valence-electron chi connectivity index (χ3n) is 4.18. The van der Waals surface area contributed by atoms with Gasteiger partial charge in [0.15, 0.2) is 0 Å². The highest BCUT2D eigenvalue weighted by Gasteiger charge is 2.22. The molecule has 0 aliphatic carbocycles. The van der Waals surface area contributed by atoms with Gasteiger partial charge in [0.05, 0.1) is 0 Å². The molecule has 23 heavy (non-hydrogen) atoms. The zero-order valence-electron chi connectivity index (χ0n) is 13.6. The van der Waals surface area contributed by atoms with E-state index < -0.39 is 0 Å². The fourth-order valence-corrected chi connectivity index (χ4v) is 3.67. The van der Waals surface area contributed by atoms with Crippen molar-refractivity contribution in [1.29, 1.82) is 0 Å². The van der Waals surface area contributed by atoms with E-state index in [2.05, 4.69) is 5.32 Å². The molecule has 0 aromatic heterocycles. The van der Waals surface area contributed by atoms with Crippen LogP contribution in [0.4, 0.5) is 4.39 Å². The molecule has 2 rings (SSSR count). The number of hydrogen-bond donors (Lipinski definition) is 1. The van der Waals surface area contributed by atoms with Gasteiger partial charge in [-0.2, -0.15) is 0 Å². The Morgan fingerprint density at radius 3 is 2.70 bits per heavy atom. The Kier molecular flexibility index (Phi) is 9.60. The van der Waals surface area contributed by atoms with E-state index in [1.807, 2.05) is 18.0 Å². The van der Waals surface area contributed by atoms with Crippen LogP contribution >= 0.6 is 24.2 Å². The summed E-state index contributed by atoms with van der Waals surface area (Å²) in [5, 5.41) is 3.18. The molecule has 1 heterocycles. The van der Waals surface area contributed by atoms with Crippen molar-refractivity contribution in [3.05, 3.63) is 30.1 Å².